The van der Waals surface area contributed by atoms with E-state index in [0.717, 1.165) is 0 Å². The van der Waals surface area contributed by atoms with Gasteiger partial charge in [0.05, 0.1) is 0 Å². The standard InChI is InChI=1S/C7H12ClNO/c1-5(6-2-3-6)9-7(10)4-8/h5-6H,2-4H2,1H3,(H,9,10). The molecule has 1 aliphatic rings. The maximum absolute atomic E-state index is 10.7. The van der Waals surface area contributed by atoms with Crippen molar-refractivity contribution in [3.05, 3.63) is 0 Å². The number of halogens is 1. The molecule has 0 bridgehead atoms. The van der Waals surface area contributed by atoms with Crippen molar-refractivity contribution >= 4 is 17.5 Å². The Morgan fingerprint density at radius 3 is 2.80 bits per heavy atom. The normalized spacial score (nSPS) is 20.2. The first kappa shape index (κ1) is 7.86. The Hall–Kier alpha value is -0.240. The highest BCUT2D eigenvalue weighted by molar-refractivity contribution is 6.27. The lowest BCUT2D eigenvalue weighted by Crippen LogP contribution is -2.34. The SMILES string of the molecule is CC(NC(=O)CCl)C1CC1. The van der Waals surface area contributed by atoms with Gasteiger partial charge in [0.15, 0.2) is 0 Å². The fraction of sp³-hybridized carbons (Fsp3) is 0.857. The van der Waals surface area contributed by atoms with Crippen molar-refractivity contribution in [1.82, 2.24) is 5.32 Å². The Labute approximate surface area is 65.9 Å². The van der Waals surface area contributed by atoms with Crippen LogP contribution in [0.5, 0.6) is 0 Å². The number of hydrogen-bond donors (Lipinski definition) is 1. The molecule has 0 saturated heterocycles. The Morgan fingerprint density at radius 1 is 1.80 bits per heavy atom. The van der Waals surface area contributed by atoms with Crippen molar-refractivity contribution in [1.29, 1.82) is 0 Å². The van der Waals surface area contributed by atoms with Crippen molar-refractivity contribution in [3.8, 4) is 0 Å². The molecule has 1 N–H and O–H groups in total. The molecule has 0 heterocycles. The molecule has 1 unspecified atom stereocenters. The van der Waals surface area contributed by atoms with Crippen LogP contribution in [0, 0.1) is 5.92 Å². The molecule has 0 spiro atoms. The maximum atomic E-state index is 10.7. The number of amides is 1. The lowest BCUT2D eigenvalue weighted by atomic mass is 10.2. The predicted molar refractivity (Wildman–Crippen MR) is 41.0 cm³/mol. The van der Waals surface area contributed by atoms with Gasteiger partial charge in [-0.1, -0.05) is 0 Å². The van der Waals surface area contributed by atoms with Crippen LogP contribution in [0.4, 0.5) is 0 Å². The highest BCUT2D eigenvalue weighted by Gasteiger charge is 2.28. The van der Waals surface area contributed by atoms with Crippen molar-refractivity contribution in [2.75, 3.05) is 5.88 Å². The quantitative estimate of drug-likeness (QED) is 0.618. The first-order valence-electron chi connectivity index (χ1n) is 3.59. The van der Waals surface area contributed by atoms with Gasteiger partial charge in [0.1, 0.15) is 5.88 Å². The van der Waals surface area contributed by atoms with Gasteiger partial charge in [0, 0.05) is 6.04 Å². The number of rotatable bonds is 3. The fourth-order valence-corrected chi connectivity index (χ4v) is 1.08. The van der Waals surface area contributed by atoms with E-state index in [2.05, 4.69) is 5.32 Å². The van der Waals surface area contributed by atoms with Gasteiger partial charge >= 0.3 is 0 Å². The third kappa shape index (κ3) is 2.18. The summed E-state index contributed by atoms with van der Waals surface area (Å²) in [6, 6.07) is 0.325. The number of nitrogens with one attached hydrogen (secondary N) is 1. The second-order valence-corrected chi connectivity index (χ2v) is 3.09. The first-order chi connectivity index (χ1) is 4.74. The summed E-state index contributed by atoms with van der Waals surface area (Å²) in [4.78, 5) is 10.7. The third-order valence-corrected chi connectivity index (χ3v) is 2.08. The smallest absolute Gasteiger partial charge is 0.235 e. The fourth-order valence-electron chi connectivity index (χ4n) is 1.01. The third-order valence-electron chi connectivity index (χ3n) is 1.84. The van der Waals surface area contributed by atoms with Crippen LogP contribution in [0.25, 0.3) is 0 Å². The van der Waals surface area contributed by atoms with E-state index in [0.29, 0.717) is 12.0 Å². The molecule has 2 nitrogen and oxygen atoms in total. The van der Waals surface area contributed by atoms with E-state index >= 15 is 0 Å². The van der Waals surface area contributed by atoms with Crippen molar-refractivity contribution < 1.29 is 4.79 Å². The van der Waals surface area contributed by atoms with Gasteiger partial charge < -0.3 is 5.32 Å². The Balaban J connectivity index is 2.16. The summed E-state index contributed by atoms with van der Waals surface area (Å²) in [7, 11) is 0. The monoisotopic (exact) mass is 161 g/mol. The minimum atomic E-state index is -0.0546. The van der Waals surface area contributed by atoms with E-state index in [9.17, 15) is 4.79 Å². The van der Waals surface area contributed by atoms with Gasteiger partial charge in [-0.15, -0.1) is 11.6 Å². The Kier molecular flexibility index (Phi) is 2.55. The minimum absolute atomic E-state index is 0.0546. The van der Waals surface area contributed by atoms with E-state index in [1.54, 1.807) is 0 Å². The van der Waals surface area contributed by atoms with Gasteiger partial charge in [0.25, 0.3) is 0 Å². The number of alkyl halides is 1. The van der Waals surface area contributed by atoms with Crippen LogP contribution < -0.4 is 5.32 Å². The molecule has 3 heteroatoms. The zero-order valence-electron chi connectivity index (χ0n) is 6.06. The summed E-state index contributed by atoms with van der Waals surface area (Å²) in [5.74, 6) is 0.741. The molecule has 0 radical (unpaired) electrons. The summed E-state index contributed by atoms with van der Waals surface area (Å²) >= 11 is 5.31. The zero-order valence-corrected chi connectivity index (χ0v) is 6.82. The van der Waals surface area contributed by atoms with Crippen LogP contribution in [0.15, 0.2) is 0 Å². The number of carbonyl (C=O) groups excluding carboxylic acids is 1. The summed E-state index contributed by atoms with van der Waals surface area (Å²) < 4.78 is 0. The van der Waals surface area contributed by atoms with Gasteiger partial charge in [-0.3, -0.25) is 4.79 Å². The van der Waals surface area contributed by atoms with E-state index in [4.69, 9.17) is 11.6 Å². The topological polar surface area (TPSA) is 29.1 Å². The van der Waals surface area contributed by atoms with Crippen LogP contribution in [0.2, 0.25) is 0 Å². The summed E-state index contributed by atoms with van der Waals surface area (Å²) in [5, 5.41) is 2.82. The van der Waals surface area contributed by atoms with Crippen molar-refractivity contribution in [2.45, 2.75) is 25.8 Å². The predicted octanol–water partition coefficient (Wildman–Crippen LogP) is 1.14. The molecule has 1 saturated carbocycles. The van der Waals surface area contributed by atoms with Crippen LogP contribution in [-0.4, -0.2) is 17.8 Å². The Morgan fingerprint density at radius 2 is 2.40 bits per heavy atom. The molecule has 1 fully saturated rings. The molecule has 58 valence electrons. The maximum Gasteiger partial charge on any atom is 0.235 e. The molecular formula is C7H12ClNO. The van der Waals surface area contributed by atoms with E-state index in [1.165, 1.54) is 12.8 Å². The highest BCUT2D eigenvalue weighted by Crippen LogP contribution is 2.32. The minimum Gasteiger partial charge on any atom is -0.352 e. The number of hydrogen-bond acceptors (Lipinski definition) is 1. The largest absolute Gasteiger partial charge is 0.352 e. The number of carbonyl (C=O) groups is 1. The second kappa shape index (κ2) is 3.24. The molecule has 1 atom stereocenters. The summed E-state index contributed by atoms with van der Waals surface area (Å²) in [6.45, 7) is 2.03. The van der Waals surface area contributed by atoms with Crippen LogP contribution in [0.1, 0.15) is 19.8 Å². The lowest BCUT2D eigenvalue weighted by molar-refractivity contribution is -0.119. The molecule has 10 heavy (non-hydrogen) atoms. The van der Waals surface area contributed by atoms with E-state index in [1.807, 2.05) is 6.92 Å². The average Bonchev–Trinajstić information content (AvgIpc) is 2.68. The van der Waals surface area contributed by atoms with Gasteiger partial charge in [-0.2, -0.15) is 0 Å². The summed E-state index contributed by atoms with van der Waals surface area (Å²) in [5.41, 5.74) is 0. The van der Waals surface area contributed by atoms with E-state index < -0.39 is 0 Å². The average molecular weight is 162 g/mol. The highest BCUT2D eigenvalue weighted by atomic mass is 35.5. The van der Waals surface area contributed by atoms with E-state index in [-0.39, 0.29) is 11.8 Å². The lowest BCUT2D eigenvalue weighted by Gasteiger charge is -2.10. The van der Waals surface area contributed by atoms with Crippen LogP contribution in [0.3, 0.4) is 0 Å². The molecule has 1 aliphatic carbocycles. The molecule has 0 aromatic carbocycles. The molecule has 0 aromatic heterocycles. The van der Waals surface area contributed by atoms with Crippen molar-refractivity contribution in [2.24, 2.45) is 5.92 Å². The van der Waals surface area contributed by atoms with Gasteiger partial charge in [-0.25, -0.2) is 0 Å². The molecular weight excluding hydrogens is 150 g/mol. The Bertz CT molecular complexity index is 134. The van der Waals surface area contributed by atoms with Gasteiger partial charge in [0.2, 0.25) is 5.91 Å². The zero-order chi connectivity index (χ0) is 7.56. The van der Waals surface area contributed by atoms with Crippen LogP contribution >= 0.6 is 11.6 Å². The molecule has 0 aromatic rings. The molecule has 1 rings (SSSR count). The first-order valence-corrected chi connectivity index (χ1v) is 4.13. The van der Waals surface area contributed by atoms with Gasteiger partial charge in [-0.05, 0) is 25.7 Å². The van der Waals surface area contributed by atoms with Crippen LogP contribution in [-0.2, 0) is 4.79 Å². The van der Waals surface area contributed by atoms with Crippen molar-refractivity contribution in [3.63, 3.8) is 0 Å². The molecule has 1 amide bonds. The summed E-state index contributed by atoms with van der Waals surface area (Å²) in [6.07, 6.45) is 2.51. The molecule has 0 aliphatic heterocycles. The second-order valence-electron chi connectivity index (χ2n) is 2.83.